The second kappa shape index (κ2) is 4.87. The number of pyridine rings is 1. The van der Waals surface area contributed by atoms with Crippen molar-refractivity contribution in [1.82, 2.24) is 19.5 Å². The van der Waals surface area contributed by atoms with Crippen LogP contribution in [0.4, 0.5) is 5.82 Å². The molecular weight excluding hydrogens is 312 g/mol. The van der Waals surface area contributed by atoms with E-state index in [-0.39, 0.29) is 6.04 Å². The fourth-order valence-corrected chi connectivity index (χ4v) is 3.68. The molecule has 0 saturated heterocycles. The minimum Gasteiger partial charge on any atom is -0.383 e. The normalized spacial score (nSPS) is 16.7. The zero-order valence-corrected chi connectivity index (χ0v) is 13.5. The highest BCUT2D eigenvalue weighted by Crippen LogP contribution is 2.43. The Morgan fingerprint density at radius 3 is 2.88 bits per heavy atom. The van der Waals surface area contributed by atoms with Crippen LogP contribution in [0.25, 0.3) is 38.6 Å². The van der Waals surface area contributed by atoms with Crippen molar-refractivity contribution in [3.63, 3.8) is 0 Å². The van der Waals surface area contributed by atoms with E-state index < -0.39 is 0 Å². The van der Waals surface area contributed by atoms with Crippen molar-refractivity contribution in [3.8, 4) is 11.1 Å². The molecule has 0 fully saturated rings. The highest BCUT2D eigenvalue weighted by Gasteiger charge is 2.31. The molecule has 1 aliphatic heterocycles. The van der Waals surface area contributed by atoms with Crippen molar-refractivity contribution in [1.29, 1.82) is 0 Å². The van der Waals surface area contributed by atoms with Crippen LogP contribution in [0.1, 0.15) is 5.69 Å². The number of nitrogens with zero attached hydrogens (tertiary/aromatic N) is 4. The molecule has 0 bridgehead atoms. The number of para-hydroxylation sites is 1. The maximum atomic E-state index is 6.23. The van der Waals surface area contributed by atoms with Crippen molar-refractivity contribution in [3.05, 3.63) is 55.1 Å². The molecule has 0 aliphatic carbocycles. The average Bonchev–Trinajstić information content (AvgIpc) is 3.10. The SMILES string of the molecule is C=C1c2c(-c3cnc4ccccc4c3)c3c(N)ncnc3n2C[C@H]1N. The number of aromatic nitrogens is 4. The summed E-state index contributed by atoms with van der Waals surface area (Å²) in [6.45, 7) is 4.84. The Morgan fingerprint density at radius 2 is 2.00 bits per heavy atom. The number of nitrogen functional groups attached to an aromatic ring is 1. The minimum absolute atomic E-state index is 0.122. The third-order valence-electron chi connectivity index (χ3n) is 4.88. The number of fused-ring (bicyclic) bond motifs is 4. The van der Waals surface area contributed by atoms with Gasteiger partial charge in [-0.2, -0.15) is 0 Å². The number of anilines is 1. The van der Waals surface area contributed by atoms with Crippen molar-refractivity contribution in [2.75, 3.05) is 5.73 Å². The lowest BCUT2D eigenvalue weighted by Gasteiger charge is -2.08. The summed E-state index contributed by atoms with van der Waals surface area (Å²) in [7, 11) is 0. The van der Waals surface area contributed by atoms with Crippen LogP contribution < -0.4 is 11.5 Å². The molecule has 1 atom stereocenters. The number of nitrogens with two attached hydrogens (primary N) is 2. The quantitative estimate of drug-likeness (QED) is 0.560. The zero-order valence-electron chi connectivity index (χ0n) is 13.5. The topological polar surface area (TPSA) is 95.6 Å². The van der Waals surface area contributed by atoms with Gasteiger partial charge in [-0.3, -0.25) is 4.98 Å². The molecule has 0 radical (unpaired) electrons. The molecule has 0 saturated carbocycles. The van der Waals surface area contributed by atoms with Gasteiger partial charge in [-0.1, -0.05) is 24.8 Å². The smallest absolute Gasteiger partial charge is 0.146 e. The van der Waals surface area contributed by atoms with Gasteiger partial charge in [-0.05, 0) is 17.7 Å². The Balaban J connectivity index is 1.90. The molecule has 25 heavy (non-hydrogen) atoms. The van der Waals surface area contributed by atoms with E-state index in [1.807, 2.05) is 30.5 Å². The van der Waals surface area contributed by atoms with Crippen molar-refractivity contribution < 1.29 is 0 Å². The van der Waals surface area contributed by atoms with E-state index in [0.29, 0.717) is 12.4 Å². The Morgan fingerprint density at radius 1 is 1.16 bits per heavy atom. The van der Waals surface area contributed by atoms with Crippen LogP contribution >= 0.6 is 0 Å². The van der Waals surface area contributed by atoms with Gasteiger partial charge in [0.15, 0.2) is 0 Å². The average molecular weight is 328 g/mol. The summed E-state index contributed by atoms with van der Waals surface area (Å²) in [5, 5.41) is 1.90. The first kappa shape index (κ1) is 14.1. The lowest BCUT2D eigenvalue weighted by Crippen LogP contribution is -2.20. The first-order chi connectivity index (χ1) is 12.1. The molecule has 1 aromatic carbocycles. The number of hydrogen-bond acceptors (Lipinski definition) is 5. The summed E-state index contributed by atoms with van der Waals surface area (Å²) in [5.41, 5.74) is 18.0. The van der Waals surface area contributed by atoms with Crippen LogP contribution in [0.3, 0.4) is 0 Å². The van der Waals surface area contributed by atoms with Gasteiger partial charge in [0.25, 0.3) is 0 Å². The molecule has 6 heteroatoms. The second-order valence-corrected chi connectivity index (χ2v) is 6.34. The lowest BCUT2D eigenvalue weighted by atomic mass is 9.98. The van der Waals surface area contributed by atoms with Crippen LogP contribution in [0.5, 0.6) is 0 Å². The van der Waals surface area contributed by atoms with Gasteiger partial charge in [0.1, 0.15) is 17.8 Å². The summed E-state index contributed by atoms with van der Waals surface area (Å²) in [4.78, 5) is 13.2. The number of benzene rings is 1. The Bertz CT molecular complexity index is 1170. The maximum absolute atomic E-state index is 6.23. The third-order valence-corrected chi connectivity index (χ3v) is 4.88. The van der Waals surface area contributed by atoms with Gasteiger partial charge in [0.2, 0.25) is 0 Å². The summed E-state index contributed by atoms with van der Waals surface area (Å²) >= 11 is 0. The molecule has 4 N–H and O–H groups in total. The van der Waals surface area contributed by atoms with Crippen molar-refractivity contribution in [2.24, 2.45) is 5.73 Å². The van der Waals surface area contributed by atoms with Crippen LogP contribution in [0.2, 0.25) is 0 Å². The van der Waals surface area contributed by atoms with E-state index in [2.05, 4.69) is 32.2 Å². The van der Waals surface area contributed by atoms with E-state index in [4.69, 9.17) is 11.5 Å². The first-order valence-electron chi connectivity index (χ1n) is 8.07. The molecule has 5 rings (SSSR count). The fraction of sp³-hybridized carbons (Fsp3) is 0.105. The molecule has 3 aromatic heterocycles. The van der Waals surface area contributed by atoms with Crippen LogP contribution in [-0.2, 0) is 6.54 Å². The highest BCUT2D eigenvalue weighted by molar-refractivity contribution is 6.07. The number of rotatable bonds is 1. The van der Waals surface area contributed by atoms with Gasteiger partial charge in [-0.25, -0.2) is 9.97 Å². The van der Waals surface area contributed by atoms with E-state index in [0.717, 1.165) is 44.3 Å². The summed E-state index contributed by atoms with van der Waals surface area (Å²) in [6, 6.07) is 10.0. The lowest BCUT2D eigenvalue weighted by molar-refractivity contribution is 0.704. The predicted octanol–water partition coefficient (Wildman–Crippen LogP) is 2.58. The maximum Gasteiger partial charge on any atom is 0.146 e. The van der Waals surface area contributed by atoms with Crippen LogP contribution in [-0.4, -0.2) is 25.6 Å². The first-order valence-corrected chi connectivity index (χ1v) is 8.07. The molecule has 0 amide bonds. The Hall–Kier alpha value is -3.25. The predicted molar refractivity (Wildman–Crippen MR) is 99.7 cm³/mol. The largest absolute Gasteiger partial charge is 0.383 e. The van der Waals surface area contributed by atoms with Crippen molar-refractivity contribution >= 4 is 33.3 Å². The molecule has 4 heterocycles. The Labute approximate surface area is 143 Å². The van der Waals surface area contributed by atoms with Crippen LogP contribution in [0, 0.1) is 0 Å². The van der Waals surface area contributed by atoms with Gasteiger partial charge in [0, 0.05) is 35.3 Å². The molecule has 6 nitrogen and oxygen atoms in total. The standard InChI is InChI=1S/C19H16N6/c1-10-13(20)8-25-17(10)15(16-18(21)23-9-24-19(16)25)12-6-11-4-2-3-5-14(11)22-7-12/h2-7,9,13H,1,8,20H2,(H2,21,23,24)/t13-/m1/s1. The summed E-state index contributed by atoms with van der Waals surface area (Å²) < 4.78 is 2.09. The fourth-order valence-electron chi connectivity index (χ4n) is 3.68. The third kappa shape index (κ3) is 1.85. The van der Waals surface area contributed by atoms with Gasteiger partial charge in [0.05, 0.1) is 16.6 Å². The second-order valence-electron chi connectivity index (χ2n) is 6.34. The summed E-state index contributed by atoms with van der Waals surface area (Å²) in [6.07, 6.45) is 3.35. The molecule has 0 spiro atoms. The van der Waals surface area contributed by atoms with E-state index in [1.54, 1.807) is 0 Å². The van der Waals surface area contributed by atoms with Crippen LogP contribution in [0.15, 0.2) is 49.4 Å². The molecule has 122 valence electrons. The van der Waals surface area contributed by atoms with Crippen molar-refractivity contribution in [2.45, 2.75) is 12.6 Å². The van der Waals surface area contributed by atoms with E-state index in [9.17, 15) is 0 Å². The highest BCUT2D eigenvalue weighted by atomic mass is 15.1. The number of hydrogen-bond donors (Lipinski definition) is 2. The minimum atomic E-state index is -0.122. The molecular formula is C19H16N6. The van der Waals surface area contributed by atoms with E-state index >= 15 is 0 Å². The van der Waals surface area contributed by atoms with Gasteiger partial charge in [-0.15, -0.1) is 0 Å². The summed E-state index contributed by atoms with van der Waals surface area (Å²) in [5.74, 6) is 0.455. The molecule has 1 aliphatic rings. The zero-order chi connectivity index (χ0) is 17.1. The van der Waals surface area contributed by atoms with E-state index in [1.165, 1.54) is 6.33 Å². The van der Waals surface area contributed by atoms with Gasteiger partial charge >= 0.3 is 0 Å². The molecule has 4 aromatic rings. The van der Waals surface area contributed by atoms with Gasteiger partial charge < -0.3 is 16.0 Å². The monoisotopic (exact) mass is 328 g/mol. The molecule has 0 unspecified atom stereocenters. The Kier molecular flexibility index (Phi) is 2.75.